The first kappa shape index (κ1) is 37.9. The largest absolute Gasteiger partial charge is 0.368 e. The fourth-order valence-corrected chi connectivity index (χ4v) is 5.95. The van der Waals surface area contributed by atoms with Gasteiger partial charge in [0, 0.05) is 43.8 Å². The molecule has 5 amide bonds. The molecule has 0 spiro atoms. The number of fused-ring (bicyclic) bond motifs is 1. The van der Waals surface area contributed by atoms with Crippen LogP contribution in [0.5, 0.6) is 0 Å². The third-order valence-corrected chi connectivity index (χ3v) is 8.73. The van der Waals surface area contributed by atoms with E-state index in [1.807, 2.05) is 73.8 Å². The highest BCUT2D eigenvalue weighted by Crippen LogP contribution is 2.19. The van der Waals surface area contributed by atoms with Crippen LogP contribution in [0.15, 0.2) is 72.1 Å². The molecule has 2 aromatic carbocycles. The van der Waals surface area contributed by atoms with Crippen molar-refractivity contribution in [3.05, 3.63) is 82.6 Å². The molecule has 0 aliphatic carbocycles. The number of primary amides is 1. The van der Waals surface area contributed by atoms with Crippen molar-refractivity contribution in [3.8, 4) is 0 Å². The molecule has 1 aromatic heterocycles. The number of carbonyl (C=O) groups is 5. The molecule has 11 nitrogen and oxygen atoms in total. The molecule has 12 heteroatoms. The van der Waals surface area contributed by atoms with Gasteiger partial charge in [-0.3, -0.25) is 24.0 Å². The van der Waals surface area contributed by atoms with Crippen molar-refractivity contribution in [1.82, 2.24) is 20.9 Å². The normalized spacial score (nSPS) is 13.4. The topological polar surface area (TPSA) is 177 Å². The SMILES string of the molecule is CC(=O)NCCCC[C@H](NC(=O)[C@@H](Cc1cccs1)N(C)C(=O)[C@@H](Cc1ccc2ccccc2c1)NC(=O)C=CCC(C)(C)N)C(N)=O. The quantitative estimate of drug-likeness (QED) is 0.102. The number of amides is 5. The molecule has 0 aliphatic heterocycles. The highest BCUT2D eigenvalue weighted by atomic mass is 32.1. The summed E-state index contributed by atoms with van der Waals surface area (Å²) in [6.45, 7) is 5.57. The standard InChI is InChI=1S/C36H48N6O5S/c1-24(43)39-19-8-7-14-29(33(37)45)41-34(46)31(23-28-13-10-20-48-28)42(4)35(47)30(40-32(44)15-9-18-36(2,3)38)22-25-16-17-26-11-5-6-12-27(26)21-25/h5-6,9-13,15-17,20-21,29-31H,7-8,14,18-19,22-23,38H2,1-4H3,(H2,37,45)(H,39,43)(H,40,44)(H,41,46)/t29-,30+,31+/m0/s1. The highest BCUT2D eigenvalue weighted by molar-refractivity contribution is 7.09. The van der Waals surface area contributed by atoms with Crippen molar-refractivity contribution >= 4 is 51.6 Å². The summed E-state index contributed by atoms with van der Waals surface area (Å²) in [5, 5.41) is 12.2. The molecule has 48 heavy (non-hydrogen) atoms. The number of likely N-dealkylation sites (N-methyl/N-ethyl adjacent to an activating group) is 1. The van der Waals surface area contributed by atoms with Crippen molar-refractivity contribution in [1.29, 1.82) is 0 Å². The second-order valence-electron chi connectivity index (χ2n) is 12.7. The minimum Gasteiger partial charge on any atom is -0.368 e. The second-order valence-corrected chi connectivity index (χ2v) is 13.8. The van der Waals surface area contributed by atoms with E-state index in [1.54, 1.807) is 6.08 Å². The average Bonchev–Trinajstić information content (AvgIpc) is 3.54. The molecule has 0 fully saturated rings. The molecule has 3 aromatic rings. The van der Waals surface area contributed by atoms with Gasteiger partial charge in [-0.2, -0.15) is 0 Å². The molecule has 0 unspecified atom stereocenters. The lowest BCUT2D eigenvalue weighted by Crippen LogP contribution is -2.57. The molecular formula is C36H48N6O5S. The van der Waals surface area contributed by atoms with Gasteiger partial charge < -0.3 is 32.3 Å². The fourth-order valence-electron chi connectivity index (χ4n) is 5.21. The van der Waals surface area contributed by atoms with Crippen LogP contribution in [0.25, 0.3) is 10.8 Å². The minimum atomic E-state index is -1.00. The Morgan fingerprint density at radius 3 is 2.31 bits per heavy atom. The molecule has 0 saturated heterocycles. The van der Waals surface area contributed by atoms with Gasteiger partial charge in [0.05, 0.1) is 0 Å². The van der Waals surface area contributed by atoms with E-state index in [0.717, 1.165) is 21.2 Å². The van der Waals surface area contributed by atoms with E-state index in [9.17, 15) is 24.0 Å². The van der Waals surface area contributed by atoms with E-state index in [-0.39, 0.29) is 25.2 Å². The number of thiophene rings is 1. The molecule has 3 rings (SSSR count). The number of unbranched alkanes of at least 4 members (excludes halogenated alkanes) is 1. The van der Waals surface area contributed by atoms with Crippen LogP contribution in [-0.2, 0) is 36.8 Å². The van der Waals surface area contributed by atoms with Crippen LogP contribution in [0.4, 0.5) is 0 Å². The summed E-state index contributed by atoms with van der Waals surface area (Å²) in [5.74, 6) is -2.30. The van der Waals surface area contributed by atoms with E-state index in [0.29, 0.717) is 25.8 Å². The van der Waals surface area contributed by atoms with E-state index < -0.39 is 47.3 Å². The Morgan fingerprint density at radius 2 is 1.67 bits per heavy atom. The Bertz CT molecular complexity index is 1580. The predicted molar refractivity (Wildman–Crippen MR) is 190 cm³/mol. The number of nitrogens with zero attached hydrogens (tertiary/aromatic N) is 1. The van der Waals surface area contributed by atoms with Crippen molar-refractivity contribution in [3.63, 3.8) is 0 Å². The summed E-state index contributed by atoms with van der Waals surface area (Å²) in [6.07, 6.45) is 5.29. The van der Waals surface area contributed by atoms with Gasteiger partial charge >= 0.3 is 0 Å². The van der Waals surface area contributed by atoms with E-state index in [1.165, 1.54) is 36.3 Å². The Kier molecular flexibility index (Phi) is 14.3. The first-order valence-electron chi connectivity index (χ1n) is 16.1. The third kappa shape index (κ3) is 12.6. The summed E-state index contributed by atoms with van der Waals surface area (Å²) in [7, 11) is 1.53. The first-order valence-corrected chi connectivity index (χ1v) is 17.0. The van der Waals surface area contributed by atoms with Gasteiger partial charge in [-0.15, -0.1) is 11.3 Å². The maximum absolute atomic E-state index is 14.2. The molecule has 3 atom stereocenters. The van der Waals surface area contributed by atoms with Gasteiger partial charge in [-0.25, -0.2) is 0 Å². The number of benzene rings is 2. The van der Waals surface area contributed by atoms with Crippen LogP contribution in [0.1, 0.15) is 56.9 Å². The molecular weight excluding hydrogens is 629 g/mol. The number of rotatable bonds is 18. The zero-order chi connectivity index (χ0) is 35.3. The Morgan fingerprint density at radius 1 is 0.938 bits per heavy atom. The summed E-state index contributed by atoms with van der Waals surface area (Å²) >= 11 is 1.45. The van der Waals surface area contributed by atoms with Gasteiger partial charge in [-0.05, 0) is 73.4 Å². The van der Waals surface area contributed by atoms with Crippen LogP contribution < -0.4 is 27.4 Å². The minimum absolute atomic E-state index is 0.149. The van der Waals surface area contributed by atoms with Gasteiger partial charge in [0.15, 0.2) is 0 Å². The lowest BCUT2D eigenvalue weighted by molar-refractivity contribution is -0.142. The van der Waals surface area contributed by atoms with Gasteiger partial charge in [0.25, 0.3) is 0 Å². The lowest BCUT2D eigenvalue weighted by Gasteiger charge is -2.31. The smallest absolute Gasteiger partial charge is 0.245 e. The summed E-state index contributed by atoms with van der Waals surface area (Å²) in [5.41, 5.74) is 12.0. The lowest BCUT2D eigenvalue weighted by atomic mass is 9.99. The van der Waals surface area contributed by atoms with Crippen molar-refractivity contribution in [2.24, 2.45) is 11.5 Å². The Labute approximate surface area is 286 Å². The molecule has 0 saturated carbocycles. The highest BCUT2D eigenvalue weighted by Gasteiger charge is 2.34. The summed E-state index contributed by atoms with van der Waals surface area (Å²) < 4.78 is 0. The number of carbonyl (C=O) groups excluding carboxylic acids is 5. The van der Waals surface area contributed by atoms with Crippen molar-refractivity contribution < 1.29 is 24.0 Å². The average molecular weight is 677 g/mol. The van der Waals surface area contributed by atoms with E-state index in [2.05, 4.69) is 16.0 Å². The van der Waals surface area contributed by atoms with Crippen LogP contribution in [0, 0.1) is 0 Å². The fraction of sp³-hybridized carbons (Fsp3) is 0.417. The number of nitrogens with two attached hydrogens (primary N) is 2. The van der Waals surface area contributed by atoms with Gasteiger partial charge in [0.1, 0.15) is 18.1 Å². The summed E-state index contributed by atoms with van der Waals surface area (Å²) in [6, 6.07) is 14.5. The van der Waals surface area contributed by atoms with Crippen LogP contribution >= 0.6 is 11.3 Å². The monoisotopic (exact) mass is 676 g/mol. The molecule has 0 radical (unpaired) electrons. The zero-order valence-electron chi connectivity index (χ0n) is 28.2. The molecule has 0 aliphatic rings. The van der Waals surface area contributed by atoms with E-state index in [4.69, 9.17) is 11.5 Å². The van der Waals surface area contributed by atoms with Gasteiger partial charge in [-0.1, -0.05) is 54.6 Å². The second kappa shape index (κ2) is 18.1. The predicted octanol–water partition coefficient (Wildman–Crippen LogP) is 2.96. The molecule has 258 valence electrons. The van der Waals surface area contributed by atoms with Crippen molar-refractivity contribution in [2.75, 3.05) is 13.6 Å². The maximum atomic E-state index is 14.2. The Hall–Kier alpha value is -4.55. The van der Waals surface area contributed by atoms with Gasteiger partial charge in [0.2, 0.25) is 29.5 Å². The first-order chi connectivity index (χ1) is 22.7. The van der Waals surface area contributed by atoms with E-state index >= 15 is 0 Å². The molecule has 7 N–H and O–H groups in total. The number of hydrogen-bond donors (Lipinski definition) is 5. The maximum Gasteiger partial charge on any atom is 0.245 e. The van der Waals surface area contributed by atoms with Crippen LogP contribution in [0.2, 0.25) is 0 Å². The van der Waals surface area contributed by atoms with Crippen LogP contribution in [-0.4, -0.2) is 71.7 Å². The molecule has 0 bridgehead atoms. The Balaban J connectivity index is 1.86. The third-order valence-electron chi connectivity index (χ3n) is 7.83. The summed E-state index contributed by atoms with van der Waals surface area (Å²) in [4.78, 5) is 66.8. The number of nitrogens with one attached hydrogen (secondary N) is 3. The van der Waals surface area contributed by atoms with Crippen molar-refractivity contribution in [2.45, 2.75) is 83.0 Å². The zero-order valence-corrected chi connectivity index (χ0v) is 29.0. The number of hydrogen-bond acceptors (Lipinski definition) is 7. The van der Waals surface area contributed by atoms with Crippen LogP contribution in [0.3, 0.4) is 0 Å². The molecule has 1 heterocycles.